The zero-order valence-corrected chi connectivity index (χ0v) is 11.0. The fourth-order valence-corrected chi connectivity index (χ4v) is 3.72. The van der Waals surface area contributed by atoms with Crippen molar-refractivity contribution >= 4 is 9.84 Å². The van der Waals surface area contributed by atoms with Crippen molar-refractivity contribution in [2.45, 2.75) is 43.5 Å². The molecule has 2 rings (SSSR count). The average Bonchev–Trinajstić information content (AvgIpc) is 2.73. The second kappa shape index (κ2) is 4.78. The summed E-state index contributed by atoms with van der Waals surface area (Å²) in [4.78, 5) is 0.457. The van der Waals surface area contributed by atoms with Gasteiger partial charge in [0, 0.05) is 6.04 Å². The molecule has 4 heteroatoms. The number of nitrogens with two attached hydrogens (primary N) is 1. The van der Waals surface area contributed by atoms with E-state index in [9.17, 15) is 8.42 Å². The van der Waals surface area contributed by atoms with Gasteiger partial charge in [-0.25, -0.2) is 8.42 Å². The van der Waals surface area contributed by atoms with Gasteiger partial charge in [0.2, 0.25) is 0 Å². The second-order valence-corrected chi connectivity index (χ2v) is 6.98. The highest BCUT2D eigenvalue weighted by molar-refractivity contribution is 7.91. The van der Waals surface area contributed by atoms with Gasteiger partial charge < -0.3 is 5.73 Å². The fraction of sp³-hybridized carbons (Fsp3) is 0.538. The molecule has 94 valence electrons. The minimum absolute atomic E-state index is 0.0702. The third-order valence-corrected chi connectivity index (χ3v) is 5.02. The van der Waals surface area contributed by atoms with Crippen LogP contribution >= 0.6 is 0 Å². The second-order valence-electron chi connectivity index (χ2n) is 4.87. The van der Waals surface area contributed by atoms with Crippen molar-refractivity contribution in [3.05, 3.63) is 29.3 Å². The van der Waals surface area contributed by atoms with Crippen molar-refractivity contribution in [2.24, 2.45) is 5.73 Å². The summed E-state index contributed by atoms with van der Waals surface area (Å²) in [5, 5.41) is 0. The first-order chi connectivity index (χ1) is 7.99. The molecule has 0 saturated carbocycles. The summed E-state index contributed by atoms with van der Waals surface area (Å²) in [6, 6.07) is 5.47. The van der Waals surface area contributed by atoms with Crippen LogP contribution in [0.15, 0.2) is 23.1 Å². The molecule has 1 aromatic carbocycles. The molecule has 0 bridgehead atoms. The third-order valence-electron chi connectivity index (χ3n) is 3.27. The number of hydrogen-bond donors (Lipinski definition) is 1. The van der Waals surface area contributed by atoms with Crippen LogP contribution < -0.4 is 5.73 Å². The van der Waals surface area contributed by atoms with Gasteiger partial charge in [-0.15, -0.1) is 0 Å². The van der Waals surface area contributed by atoms with Crippen LogP contribution in [0.5, 0.6) is 0 Å². The Balaban J connectivity index is 2.22. The minimum atomic E-state index is -3.16. The van der Waals surface area contributed by atoms with E-state index in [1.165, 1.54) is 11.1 Å². The molecule has 1 atom stereocenters. The van der Waals surface area contributed by atoms with E-state index >= 15 is 0 Å². The van der Waals surface area contributed by atoms with Crippen LogP contribution in [0.25, 0.3) is 0 Å². The van der Waals surface area contributed by atoms with E-state index in [0.29, 0.717) is 11.3 Å². The van der Waals surface area contributed by atoms with Crippen LogP contribution in [-0.4, -0.2) is 20.2 Å². The van der Waals surface area contributed by atoms with Gasteiger partial charge in [0.05, 0.1) is 10.6 Å². The number of aryl methyl sites for hydroxylation is 2. The Labute approximate surface area is 103 Å². The lowest BCUT2D eigenvalue weighted by molar-refractivity contribution is 0.587. The zero-order chi connectivity index (χ0) is 12.5. The molecular weight excluding hydrogens is 234 g/mol. The van der Waals surface area contributed by atoms with Gasteiger partial charge >= 0.3 is 0 Å². The Morgan fingerprint density at radius 2 is 2.00 bits per heavy atom. The highest BCUT2D eigenvalue weighted by Crippen LogP contribution is 2.25. The summed E-state index contributed by atoms with van der Waals surface area (Å²) >= 11 is 0. The number of hydrogen-bond acceptors (Lipinski definition) is 3. The van der Waals surface area contributed by atoms with Crippen LogP contribution in [0.2, 0.25) is 0 Å². The summed E-state index contributed by atoms with van der Waals surface area (Å²) in [6.07, 6.45) is 3.74. The molecular formula is C13H19NO2S. The first kappa shape index (κ1) is 12.6. The fourth-order valence-electron chi connectivity index (χ4n) is 2.20. The molecule has 2 N–H and O–H groups in total. The molecule has 1 aromatic rings. The normalized spacial score (nSPS) is 16.8. The highest BCUT2D eigenvalue weighted by atomic mass is 32.2. The largest absolute Gasteiger partial charge is 0.328 e. The maximum atomic E-state index is 12.1. The maximum absolute atomic E-state index is 12.1. The molecule has 0 aromatic heterocycles. The molecule has 0 fully saturated rings. The SMILES string of the molecule is CC(N)CCS(=O)(=O)c1ccc2c(c1)CCC2. The van der Waals surface area contributed by atoms with Crippen LogP contribution in [0.1, 0.15) is 30.9 Å². The molecule has 1 aliphatic carbocycles. The number of fused-ring (bicyclic) bond motifs is 1. The van der Waals surface area contributed by atoms with E-state index in [-0.39, 0.29) is 11.8 Å². The van der Waals surface area contributed by atoms with Crippen molar-refractivity contribution < 1.29 is 8.42 Å². The molecule has 0 heterocycles. The molecule has 0 aliphatic heterocycles. The summed E-state index contributed by atoms with van der Waals surface area (Å²) < 4.78 is 24.2. The molecule has 1 aliphatic rings. The van der Waals surface area contributed by atoms with E-state index in [2.05, 4.69) is 0 Å². The van der Waals surface area contributed by atoms with Crippen molar-refractivity contribution in [3.8, 4) is 0 Å². The Bertz CT molecular complexity index is 506. The lowest BCUT2D eigenvalue weighted by Gasteiger charge is -2.08. The predicted molar refractivity (Wildman–Crippen MR) is 68.8 cm³/mol. The summed E-state index contributed by atoms with van der Waals surface area (Å²) in [5.41, 5.74) is 8.11. The average molecular weight is 253 g/mol. The van der Waals surface area contributed by atoms with E-state index < -0.39 is 9.84 Å². The Morgan fingerprint density at radius 1 is 1.29 bits per heavy atom. The van der Waals surface area contributed by atoms with Crippen molar-refractivity contribution in [1.82, 2.24) is 0 Å². The molecule has 1 unspecified atom stereocenters. The molecule has 0 amide bonds. The topological polar surface area (TPSA) is 60.2 Å². The Hall–Kier alpha value is -0.870. The third kappa shape index (κ3) is 2.87. The first-order valence-electron chi connectivity index (χ1n) is 6.09. The van der Waals surface area contributed by atoms with Gasteiger partial charge in [-0.1, -0.05) is 6.07 Å². The minimum Gasteiger partial charge on any atom is -0.328 e. The van der Waals surface area contributed by atoms with Crippen LogP contribution in [0.3, 0.4) is 0 Å². The number of benzene rings is 1. The van der Waals surface area contributed by atoms with E-state index in [1.807, 2.05) is 19.1 Å². The summed E-state index contributed by atoms with van der Waals surface area (Å²) in [5.74, 6) is 0.142. The van der Waals surface area contributed by atoms with Gasteiger partial charge in [0.15, 0.2) is 9.84 Å². The Morgan fingerprint density at radius 3 is 2.71 bits per heavy atom. The van der Waals surface area contributed by atoms with Gasteiger partial charge in [0.25, 0.3) is 0 Å². The lowest BCUT2D eigenvalue weighted by atomic mass is 10.1. The van der Waals surface area contributed by atoms with E-state index in [0.717, 1.165) is 19.3 Å². The van der Waals surface area contributed by atoms with E-state index in [4.69, 9.17) is 5.73 Å². The lowest BCUT2D eigenvalue weighted by Crippen LogP contribution is -2.20. The van der Waals surface area contributed by atoms with Crippen molar-refractivity contribution in [3.63, 3.8) is 0 Å². The van der Waals surface area contributed by atoms with Crippen LogP contribution in [-0.2, 0) is 22.7 Å². The van der Waals surface area contributed by atoms with E-state index in [1.54, 1.807) is 6.07 Å². The van der Waals surface area contributed by atoms with Crippen LogP contribution in [0.4, 0.5) is 0 Å². The molecule has 0 saturated heterocycles. The van der Waals surface area contributed by atoms with Crippen molar-refractivity contribution in [2.75, 3.05) is 5.75 Å². The van der Waals surface area contributed by atoms with Gasteiger partial charge in [-0.3, -0.25) is 0 Å². The maximum Gasteiger partial charge on any atom is 0.178 e. The molecule has 3 nitrogen and oxygen atoms in total. The van der Waals surface area contributed by atoms with Crippen molar-refractivity contribution in [1.29, 1.82) is 0 Å². The quantitative estimate of drug-likeness (QED) is 0.888. The van der Waals surface area contributed by atoms with Gasteiger partial charge in [-0.2, -0.15) is 0 Å². The smallest absolute Gasteiger partial charge is 0.178 e. The standard InChI is InChI=1S/C13H19NO2S/c1-10(14)7-8-17(15,16)13-6-5-11-3-2-4-12(11)9-13/h5-6,9-10H,2-4,7-8,14H2,1H3. The van der Waals surface area contributed by atoms with Crippen LogP contribution in [0, 0.1) is 0 Å². The number of sulfone groups is 1. The van der Waals surface area contributed by atoms with Gasteiger partial charge in [0.1, 0.15) is 0 Å². The predicted octanol–water partition coefficient (Wildman–Crippen LogP) is 1.69. The molecule has 17 heavy (non-hydrogen) atoms. The summed E-state index contributed by atoms with van der Waals surface area (Å²) in [6.45, 7) is 1.83. The van der Waals surface area contributed by atoms with Gasteiger partial charge in [-0.05, 0) is 55.9 Å². The first-order valence-corrected chi connectivity index (χ1v) is 7.74. The highest BCUT2D eigenvalue weighted by Gasteiger charge is 2.18. The zero-order valence-electron chi connectivity index (χ0n) is 10.1. The molecule has 0 spiro atoms. The summed E-state index contributed by atoms with van der Waals surface area (Å²) in [7, 11) is -3.16. The number of rotatable bonds is 4. The molecule has 0 radical (unpaired) electrons. The monoisotopic (exact) mass is 253 g/mol. The Kier molecular flexibility index (Phi) is 3.54.